The molecule has 1 aliphatic rings. The van der Waals surface area contributed by atoms with Gasteiger partial charge in [0.2, 0.25) is 5.91 Å². The van der Waals surface area contributed by atoms with E-state index in [9.17, 15) is 14.7 Å². The Bertz CT molecular complexity index is 455. The first kappa shape index (κ1) is 12.6. The van der Waals surface area contributed by atoms with E-state index >= 15 is 0 Å². The lowest BCUT2D eigenvalue weighted by atomic mass is 9.89. The van der Waals surface area contributed by atoms with Crippen LogP contribution < -0.4 is 5.32 Å². The Morgan fingerprint density at radius 3 is 2.83 bits per heavy atom. The highest BCUT2D eigenvalue weighted by atomic mass is 16.4. The molecule has 1 aromatic rings. The zero-order chi connectivity index (χ0) is 13.3. The summed E-state index contributed by atoms with van der Waals surface area (Å²) in [5.74, 6) is -1.62. The predicted molar refractivity (Wildman–Crippen MR) is 61.4 cm³/mol. The van der Waals surface area contributed by atoms with Gasteiger partial charge in [-0.2, -0.15) is 0 Å². The van der Waals surface area contributed by atoms with Gasteiger partial charge >= 0.3 is 5.97 Å². The lowest BCUT2D eigenvalue weighted by Crippen LogP contribution is -2.32. The minimum atomic E-state index is -0.895. The van der Waals surface area contributed by atoms with Gasteiger partial charge in [0.25, 0.3) is 0 Å². The van der Waals surface area contributed by atoms with E-state index in [0.29, 0.717) is 12.1 Å². The van der Waals surface area contributed by atoms with E-state index in [1.54, 1.807) is 0 Å². The number of nitrogens with zero attached hydrogens (tertiary/aromatic N) is 1. The molecule has 1 fully saturated rings. The molecule has 6 heteroatoms. The molecule has 1 aromatic heterocycles. The Kier molecular flexibility index (Phi) is 3.11. The monoisotopic (exact) mass is 252 g/mol. The molecule has 2 unspecified atom stereocenters. The van der Waals surface area contributed by atoms with Gasteiger partial charge in [-0.15, -0.1) is 0 Å². The summed E-state index contributed by atoms with van der Waals surface area (Å²) in [7, 11) is 0. The largest absolute Gasteiger partial charge is 0.481 e. The van der Waals surface area contributed by atoms with Crippen LogP contribution in [0.2, 0.25) is 0 Å². The summed E-state index contributed by atoms with van der Waals surface area (Å²) in [5.41, 5.74) is -0.275. The lowest BCUT2D eigenvalue weighted by Gasteiger charge is -2.16. The van der Waals surface area contributed by atoms with E-state index in [1.807, 2.05) is 13.8 Å². The third-order valence-corrected chi connectivity index (χ3v) is 3.68. The van der Waals surface area contributed by atoms with Gasteiger partial charge in [-0.1, -0.05) is 13.8 Å². The molecule has 1 aliphatic carbocycles. The SMILES string of the molecule is CC(C)C1(C(=O)O)CC1C(=O)NCc1cocn1. The summed E-state index contributed by atoms with van der Waals surface area (Å²) in [5, 5.41) is 11.9. The Labute approximate surface area is 104 Å². The number of carboxylic acids is 1. The van der Waals surface area contributed by atoms with E-state index in [2.05, 4.69) is 10.3 Å². The van der Waals surface area contributed by atoms with E-state index < -0.39 is 17.3 Å². The Balaban J connectivity index is 1.94. The Morgan fingerprint density at radius 2 is 2.39 bits per heavy atom. The molecular weight excluding hydrogens is 236 g/mol. The molecule has 18 heavy (non-hydrogen) atoms. The molecule has 2 rings (SSSR count). The second-order valence-corrected chi connectivity index (χ2v) is 4.95. The molecule has 0 saturated heterocycles. The fraction of sp³-hybridized carbons (Fsp3) is 0.583. The van der Waals surface area contributed by atoms with Gasteiger partial charge in [0.15, 0.2) is 6.39 Å². The number of nitrogens with one attached hydrogen (secondary N) is 1. The Morgan fingerprint density at radius 1 is 1.67 bits per heavy atom. The molecule has 0 bridgehead atoms. The minimum absolute atomic E-state index is 0.0576. The summed E-state index contributed by atoms with van der Waals surface area (Å²) >= 11 is 0. The molecule has 1 heterocycles. The first-order valence-corrected chi connectivity index (χ1v) is 5.86. The number of hydrogen-bond donors (Lipinski definition) is 2. The second kappa shape index (κ2) is 4.44. The number of amides is 1. The van der Waals surface area contributed by atoms with Crippen LogP contribution in [0.1, 0.15) is 26.0 Å². The van der Waals surface area contributed by atoms with E-state index in [0.717, 1.165) is 0 Å². The minimum Gasteiger partial charge on any atom is -0.481 e. The lowest BCUT2D eigenvalue weighted by molar-refractivity contribution is -0.147. The van der Waals surface area contributed by atoms with Crippen molar-refractivity contribution in [2.45, 2.75) is 26.8 Å². The molecule has 0 spiro atoms. The molecular formula is C12H16N2O4. The maximum absolute atomic E-state index is 11.9. The molecule has 0 aromatic carbocycles. The van der Waals surface area contributed by atoms with Crippen molar-refractivity contribution in [1.82, 2.24) is 10.3 Å². The standard InChI is InChI=1S/C12H16N2O4/c1-7(2)12(11(16)17)3-9(12)10(15)13-4-8-5-18-6-14-8/h5-7,9H,3-4H2,1-2H3,(H,13,15)(H,16,17). The van der Waals surface area contributed by atoms with Gasteiger partial charge in [-0.25, -0.2) is 4.98 Å². The van der Waals surface area contributed by atoms with Gasteiger partial charge < -0.3 is 14.8 Å². The van der Waals surface area contributed by atoms with Crippen LogP contribution in [-0.4, -0.2) is 22.0 Å². The Hall–Kier alpha value is -1.85. The van der Waals surface area contributed by atoms with Crippen molar-refractivity contribution in [3.05, 3.63) is 18.4 Å². The van der Waals surface area contributed by atoms with Crippen LogP contribution >= 0.6 is 0 Å². The number of carbonyl (C=O) groups is 2. The molecule has 98 valence electrons. The maximum Gasteiger partial charge on any atom is 0.310 e. The fourth-order valence-corrected chi connectivity index (χ4v) is 2.35. The second-order valence-electron chi connectivity index (χ2n) is 4.95. The van der Waals surface area contributed by atoms with Crippen molar-refractivity contribution in [1.29, 1.82) is 0 Å². The van der Waals surface area contributed by atoms with Crippen LogP contribution in [0.25, 0.3) is 0 Å². The van der Waals surface area contributed by atoms with E-state index in [-0.39, 0.29) is 18.4 Å². The number of carboxylic acid groups (broad SMARTS) is 1. The van der Waals surface area contributed by atoms with E-state index in [4.69, 9.17) is 4.42 Å². The van der Waals surface area contributed by atoms with Gasteiger partial charge in [0.05, 0.1) is 23.6 Å². The first-order chi connectivity index (χ1) is 8.48. The number of oxazole rings is 1. The third kappa shape index (κ3) is 1.98. The number of rotatable bonds is 5. The first-order valence-electron chi connectivity index (χ1n) is 5.86. The molecule has 0 radical (unpaired) electrons. The number of aromatic nitrogens is 1. The van der Waals surface area contributed by atoms with Crippen LogP contribution in [0.3, 0.4) is 0 Å². The van der Waals surface area contributed by atoms with Crippen molar-refractivity contribution < 1.29 is 19.1 Å². The van der Waals surface area contributed by atoms with Gasteiger partial charge in [0.1, 0.15) is 6.26 Å². The summed E-state index contributed by atoms with van der Waals surface area (Å²) in [6.45, 7) is 3.93. The van der Waals surface area contributed by atoms with Crippen molar-refractivity contribution in [2.75, 3.05) is 0 Å². The number of aliphatic carboxylic acids is 1. The zero-order valence-corrected chi connectivity index (χ0v) is 10.3. The summed E-state index contributed by atoms with van der Waals surface area (Å²) in [6, 6.07) is 0. The topological polar surface area (TPSA) is 92.4 Å². The normalized spacial score (nSPS) is 26.1. The van der Waals surface area contributed by atoms with E-state index in [1.165, 1.54) is 12.7 Å². The number of carbonyl (C=O) groups excluding carboxylic acids is 1. The zero-order valence-electron chi connectivity index (χ0n) is 10.3. The molecule has 1 amide bonds. The van der Waals surface area contributed by atoms with Gasteiger partial charge in [-0.05, 0) is 12.3 Å². The van der Waals surface area contributed by atoms with Gasteiger partial charge in [0, 0.05) is 0 Å². The molecule has 1 saturated carbocycles. The van der Waals surface area contributed by atoms with Crippen molar-refractivity contribution in [3.63, 3.8) is 0 Å². The average Bonchev–Trinajstić information content (AvgIpc) is 2.89. The fourth-order valence-electron chi connectivity index (χ4n) is 2.35. The van der Waals surface area contributed by atoms with Crippen LogP contribution in [0.4, 0.5) is 0 Å². The van der Waals surface area contributed by atoms with Crippen LogP contribution in [0.5, 0.6) is 0 Å². The third-order valence-electron chi connectivity index (χ3n) is 3.68. The maximum atomic E-state index is 11.9. The summed E-state index contributed by atoms with van der Waals surface area (Å²) < 4.78 is 4.78. The highest BCUT2D eigenvalue weighted by molar-refractivity contribution is 5.92. The summed E-state index contributed by atoms with van der Waals surface area (Å²) in [4.78, 5) is 27.0. The molecule has 6 nitrogen and oxygen atoms in total. The van der Waals surface area contributed by atoms with Crippen LogP contribution in [0, 0.1) is 17.3 Å². The highest BCUT2D eigenvalue weighted by Crippen LogP contribution is 2.58. The quantitative estimate of drug-likeness (QED) is 0.816. The van der Waals surface area contributed by atoms with Gasteiger partial charge in [-0.3, -0.25) is 9.59 Å². The van der Waals surface area contributed by atoms with Crippen LogP contribution in [0.15, 0.2) is 17.1 Å². The highest BCUT2D eigenvalue weighted by Gasteiger charge is 2.65. The molecule has 2 N–H and O–H groups in total. The van der Waals surface area contributed by atoms with Crippen molar-refractivity contribution in [3.8, 4) is 0 Å². The van der Waals surface area contributed by atoms with Crippen molar-refractivity contribution >= 4 is 11.9 Å². The summed E-state index contributed by atoms with van der Waals surface area (Å²) in [6.07, 6.45) is 3.14. The predicted octanol–water partition coefficient (Wildman–Crippen LogP) is 1.04. The van der Waals surface area contributed by atoms with Crippen LogP contribution in [-0.2, 0) is 16.1 Å². The van der Waals surface area contributed by atoms with Crippen molar-refractivity contribution in [2.24, 2.45) is 17.3 Å². The molecule has 0 aliphatic heterocycles. The number of hydrogen-bond acceptors (Lipinski definition) is 4. The molecule has 2 atom stereocenters. The average molecular weight is 252 g/mol. The smallest absolute Gasteiger partial charge is 0.310 e.